The van der Waals surface area contributed by atoms with E-state index in [0.29, 0.717) is 13.2 Å². The van der Waals surface area contributed by atoms with Crippen molar-refractivity contribution >= 4 is 39.9 Å². The molecule has 200 valence electrons. The Hall–Kier alpha value is -2.01. The van der Waals surface area contributed by atoms with Crippen molar-refractivity contribution in [3.05, 3.63) is 60.2 Å². The van der Waals surface area contributed by atoms with Crippen LogP contribution in [0.25, 0.3) is 32.3 Å². The Bertz CT molecular complexity index is 1390. The van der Waals surface area contributed by atoms with Crippen molar-refractivity contribution in [2.24, 2.45) is 5.41 Å². The summed E-state index contributed by atoms with van der Waals surface area (Å²) in [5, 5.41) is 9.28. The number of nitrogens with zero attached hydrogens (tertiary/aromatic N) is 1. The van der Waals surface area contributed by atoms with Gasteiger partial charge in [-0.2, -0.15) is 5.06 Å². The van der Waals surface area contributed by atoms with Gasteiger partial charge in [-0.3, -0.25) is 9.40 Å². The number of hydrogen-bond acceptors (Lipinski definition) is 5. The molecule has 0 fully saturated rings. The maximum atomic E-state index is 14.2. The molecule has 0 radical (unpaired) electrons. The molecule has 37 heavy (non-hydrogen) atoms. The molecule has 6 heteroatoms. The fourth-order valence-electron chi connectivity index (χ4n) is 5.42. The maximum absolute atomic E-state index is 14.2. The molecule has 4 aromatic carbocycles. The van der Waals surface area contributed by atoms with Gasteiger partial charge in [-0.25, -0.2) is 0 Å². The fourth-order valence-corrected chi connectivity index (χ4v) is 8.10. The Kier molecular flexibility index (Phi) is 7.78. The molecular weight excluding hydrogens is 481 g/mol. The van der Waals surface area contributed by atoms with Crippen LogP contribution in [0.3, 0.4) is 0 Å². The molecule has 2 unspecified atom stereocenters. The first-order valence-electron chi connectivity index (χ1n) is 13.3. The van der Waals surface area contributed by atoms with Gasteiger partial charge in [-0.15, -0.1) is 0 Å². The molecule has 0 amide bonds. The minimum atomic E-state index is -3.55. The summed E-state index contributed by atoms with van der Waals surface area (Å²) >= 11 is 0. The standard InChI is InChI=1S/C31H42NO4P/c1-10-34-37(33,35-11-2)29(30(4,5)6)32(31(7,8)9)36-21(3)25-19-17-24-16-15-22-13-12-14-23-18-20-26(25)28(24)27(22)23/h12-21,29H,10-11H2,1-9H3. The molecule has 0 saturated heterocycles. The lowest BCUT2D eigenvalue weighted by atomic mass is 9.91. The largest absolute Gasteiger partial charge is 0.350 e. The van der Waals surface area contributed by atoms with E-state index in [1.165, 1.54) is 32.3 Å². The third kappa shape index (κ3) is 5.30. The normalized spacial score (nSPS) is 15.3. The van der Waals surface area contributed by atoms with Crippen molar-refractivity contribution in [1.82, 2.24) is 5.06 Å². The molecule has 4 aromatic rings. The molecule has 0 N–H and O–H groups in total. The molecule has 0 heterocycles. The van der Waals surface area contributed by atoms with Gasteiger partial charge in [0.15, 0.2) is 0 Å². The summed E-state index contributed by atoms with van der Waals surface area (Å²) in [6, 6.07) is 19.6. The van der Waals surface area contributed by atoms with Gasteiger partial charge in [-0.1, -0.05) is 75.4 Å². The van der Waals surface area contributed by atoms with E-state index in [0.717, 1.165) is 5.56 Å². The average Bonchev–Trinajstić information content (AvgIpc) is 2.80. The smallest absolute Gasteiger partial charge is 0.308 e. The predicted molar refractivity (Wildman–Crippen MR) is 155 cm³/mol. The highest BCUT2D eigenvalue weighted by Crippen LogP contribution is 2.61. The second-order valence-electron chi connectivity index (χ2n) is 11.9. The van der Waals surface area contributed by atoms with Crippen LogP contribution < -0.4 is 0 Å². The van der Waals surface area contributed by atoms with Crippen LogP contribution in [0, 0.1) is 5.41 Å². The number of benzene rings is 4. The van der Waals surface area contributed by atoms with Crippen LogP contribution in [0.4, 0.5) is 0 Å². The minimum absolute atomic E-state index is 0.298. The van der Waals surface area contributed by atoms with Crippen LogP contribution in [0.15, 0.2) is 54.6 Å². The van der Waals surface area contributed by atoms with E-state index in [-0.39, 0.29) is 6.10 Å². The Morgan fingerprint density at radius 3 is 1.81 bits per heavy atom. The van der Waals surface area contributed by atoms with Gasteiger partial charge in [0.2, 0.25) is 0 Å². The molecule has 2 atom stereocenters. The topological polar surface area (TPSA) is 48.0 Å². The second-order valence-corrected chi connectivity index (χ2v) is 14.0. The third-order valence-electron chi connectivity index (χ3n) is 6.85. The molecule has 0 aliphatic carbocycles. The zero-order valence-corrected chi connectivity index (χ0v) is 24.7. The first-order valence-corrected chi connectivity index (χ1v) is 14.9. The summed E-state index contributed by atoms with van der Waals surface area (Å²) < 4.78 is 26.0. The Labute approximate surface area is 221 Å². The van der Waals surface area contributed by atoms with Crippen molar-refractivity contribution in [2.45, 2.75) is 79.7 Å². The van der Waals surface area contributed by atoms with Crippen molar-refractivity contribution in [3.63, 3.8) is 0 Å². The molecule has 0 aliphatic rings. The maximum Gasteiger partial charge on any atom is 0.350 e. The zero-order chi connectivity index (χ0) is 27.2. The molecule has 0 aromatic heterocycles. The van der Waals surface area contributed by atoms with E-state index in [1.807, 2.05) is 18.9 Å². The Morgan fingerprint density at radius 2 is 1.30 bits per heavy atom. The summed E-state index contributed by atoms with van der Waals surface area (Å²) in [6.07, 6.45) is -0.301. The summed E-state index contributed by atoms with van der Waals surface area (Å²) in [5.74, 6) is -0.609. The number of hydroxylamine groups is 2. The van der Waals surface area contributed by atoms with E-state index in [4.69, 9.17) is 13.9 Å². The van der Waals surface area contributed by atoms with Gasteiger partial charge in [-0.05, 0) is 84.8 Å². The SMILES string of the molecule is CCOP(=O)(OCC)C(N(OC(C)c1ccc2ccc3cccc4ccc1c2c34)C(C)(C)C)C(C)(C)C. The van der Waals surface area contributed by atoms with Crippen LogP contribution in [0.5, 0.6) is 0 Å². The summed E-state index contributed by atoms with van der Waals surface area (Å²) in [7, 11) is -3.55. The van der Waals surface area contributed by atoms with E-state index in [9.17, 15) is 4.57 Å². The highest BCUT2D eigenvalue weighted by atomic mass is 31.2. The first-order chi connectivity index (χ1) is 17.3. The number of hydrogen-bond donors (Lipinski definition) is 0. The molecule has 5 nitrogen and oxygen atoms in total. The molecule has 0 spiro atoms. The fraction of sp³-hybridized carbons (Fsp3) is 0.484. The number of rotatable bonds is 9. The highest BCUT2D eigenvalue weighted by Gasteiger charge is 2.51. The van der Waals surface area contributed by atoms with Crippen LogP contribution >= 0.6 is 7.60 Å². The van der Waals surface area contributed by atoms with Gasteiger partial charge in [0, 0.05) is 5.54 Å². The van der Waals surface area contributed by atoms with Gasteiger partial charge < -0.3 is 9.05 Å². The lowest BCUT2D eigenvalue weighted by Gasteiger charge is -2.48. The van der Waals surface area contributed by atoms with Crippen LogP contribution in [0.1, 0.15) is 74.0 Å². The molecule has 0 aliphatic heterocycles. The first kappa shape index (κ1) is 28.0. The summed E-state index contributed by atoms with van der Waals surface area (Å²) in [5.41, 5.74) is 0.172. The van der Waals surface area contributed by atoms with Gasteiger partial charge in [0.05, 0.1) is 13.2 Å². The molecular formula is C31H42NO4P. The molecule has 4 rings (SSSR count). The quantitative estimate of drug-likeness (QED) is 0.124. The van der Waals surface area contributed by atoms with Crippen LogP contribution in [-0.4, -0.2) is 29.6 Å². The Balaban J connectivity index is 1.84. The monoisotopic (exact) mass is 523 g/mol. The van der Waals surface area contributed by atoms with Crippen LogP contribution in [-0.2, 0) is 18.5 Å². The average molecular weight is 524 g/mol. The molecule has 0 saturated carbocycles. The third-order valence-corrected chi connectivity index (χ3v) is 9.67. The highest BCUT2D eigenvalue weighted by molar-refractivity contribution is 7.54. The lowest BCUT2D eigenvalue weighted by molar-refractivity contribution is -0.264. The van der Waals surface area contributed by atoms with E-state index < -0.39 is 24.3 Å². The van der Waals surface area contributed by atoms with Crippen molar-refractivity contribution in [3.8, 4) is 0 Å². The van der Waals surface area contributed by atoms with Crippen molar-refractivity contribution < 1.29 is 18.5 Å². The van der Waals surface area contributed by atoms with Gasteiger partial charge >= 0.3 is 7.60 Å². The van der Waals surface area contributed by atoms with Gasteiger partial charge in [0.1, 0.15) is 11.9 Å². The Morgan fingerprint density at radius 1 is 0.784 bits per heavy atom. The van der Waals surface area contributed by atoms with E-state index in [2.05, 4.69) is 103 Å². The second kappa shape index (κ2) is 10.3. The zero-order valence-electron chi connectivity index (χ0n) is 23.8. The van der Waals surface area contributed by atoms with E-state index in [1.54, 1.807) is 0 Å². The summed E-state index contributed by atoms with van der Waals surface area (Å²) in [4.78, 5) is 6.82. The molecule has 0 bridgehead atoms. The predicted octanol–water partition coefficient (Wildman–Crippen LogP) is 9.32. The van der Waals surface area contributed by atoms with E-state index >= 15 is 0 Å². The lowest BCUT2D eigenvalue weighted by Crippen LogP contribution is -2.53. The summed E-state index contributed by atoms with van der Waals surface area (Å²) in [6.45, 7) is 18.8. The van der Waals surface area contributed by atoms with Crippen molar-refractivity contribution in [2.75, 3.05) is 13.2 Å². The minimum Gasteiger partial charge on any atom is -0.308 e. The van der Waals surface area contributed by atoms with Crippen molar-refractivity contribution in [1.29, 1.82) is 0 Å². The van der Waals surface area contributed by atoms with Crippen LogP contribution in [0.2, 0.25) is 0 Å². The van der Waals surface area contributed by atoms with Gasteiger partial charge in [0.25, 0.3) is 0 Å².